The molecule has 26 heavy (non-hydrogen) atoms. The quantitative estimate of drug-likeness (QED) is 0.344. The van der Waals surface area contributed by atoms with Crippen LogP contribution in [0.25, 0.3) is 22.9 Å². The largest absolute Gasteiger partial charge is 0.507 e. The van der Waals surface area contributed by atoms with Crippen LogP contribution in [-0.2, 0) is 5.75 Å². The average molecular weight is 358 g/mol. The van der Waals surface area contributed by atoms with Crippen molar-refractivity contribution < 1.29 is 5.11 Å². The molecule has 128 valence electrons. The third-order valence-corrected chi connectivity index (χ3v) is 5.13. The number of aromatic amines is 1. The Morgan fingerprint density at radius 2 is 1.69 bits per heavy atom. The fraction of sp³-hybridized carbons (Fsp3) is 0.0455. The van der Waals surface area contributed by atoms with E-state index in [1.54, 1.807) is 17.8 Å². The molecule has 0 unspecified atom stereocenters. The van der Waals surface area contributed by atoms with Gasteiger partial charge in [0.1, 0.15) is 11.6 Å². The topological polar surface area (TPSA) is 48.9 Å². The summed E-state index contributed by atoms with van der Waals surface area (Å²) in [4.78, 5) is 9.00. The van der Waals surface area contributed by atoms with E-state index in [2.05, 4.69) is 46.4 Å². The number of hydrogen-bond donors (Lipinski definition) is 2. The van der Waals surface area contributed by atoms with E-state index in [0.29, 0.717) is 5.82 Å². The molecule has 0 fully saturated rings. The minimum atomic E-state index is 0.198. The zero-order valence-electron chi connectivity index (χ0n) is 14.1. The van der Waals surface area contributed by atoms with Gasteiger partial charge in [0.05, 0.1) is 11.0 Å². The highest BCUT2D eigenvalue weighted by Gasteiger charge is 2.05. The van der Waals surface area contributed by atoms with Crippen molar-refractivity contribution >= 4 is 34.6 Å². The first kappa shape index (κ1) is 16.5. The first-order valence-corrected chi connectivity index (χ1v) is 9.39. The van der Waals surface area contributed by atoms with Crippen molar-refractivity contribution in [2.45, 2.75) is 10.6 Å². The molecule has 1 aromatic heterocycles. The number of imidazole rings is 1. The Labute approximate surface area is 156 Å². The van der Waals surface area contributed by atoms with Crippen molar-refractivity contribution in [2.24, 2.45) is 0 Å². The molecule has 4 aromatic rings. The van der Waals surface area contributed by atoms with Crippen molar-refractivity contribution in [1.29, 1.82) is 0 Å². The average Bonchev–Trinajstić information content (AvgIpc) is 3.09. The molecule has 4 heteroatoms. The molecule has 0 atom stereocenters. The number of hydrogen-bond acceptors (Lipinski definition) is 3. The SMILES string of the molecule is OC(=Cc1nc2ccc(SCc3ccccc3)cc2[nH]1)c1ccccc1. The van der Waals surface area contributed by atoms with E-state index < -0.39 is 0 Å². The Balaban J connectivity index is 1.54. The normalized spacial score (nSPS) is 11.8. The molecule has 0 spiro atoms. The second kappa shape index (κ2) is 7.50. The molecular formula is C22H18N2OS. The van der Waals surface area contributed by atoms with Gasteiger partial charge >= 0.3 is 0 Å². The zero-order chi connectivity index (χ0) is 17.8. The minimum absolute atomic E-state index is 0.198. The Bertz CT molecular complexity index is 1040. The third kappa shape index (κ3) is 3.81. The number of aliphatic hydroxyl groups excluding tert-OH is 1. The Kier molecular flexibility index (Phi) is 4.75. The smallest absolute Gasteiger partial charge is 0.134 e. The maximum absolute atomic E-state index is 10.3. The fourth-order valence-electron chi connectivity index (χ4n) is 2.73. The summed E-state index contributed by atoms with van der Waals surface area (Å²) in [6.07, 6.45) is 1.66. The monoisotopic (exact) mass is 358 g/mol. The molecule has 0 amide bonds. The molecule has 0 radical (unpaired) electrons. The number of nitrogens with zero attached hydrogens (tertiary/aromatic N) is 1. The van der Waals surface area contributed by atoms with Crippen molar-refractivity contribution in [3.05, 3.63) is 95.8 Å². The fourth-order valence-corrected chi connectivity index (χ4v) is 3.62. The summed E-state index contributed by atoms with van der Waals surface area (Å²) in [5.74, 6) is 1.78. The molecule has 0 aliphatic heterocycles. The summed E-state index contributed by atoms with van der Waals surface area (Å²) in [6.45, 7) is 0. The predicted octanol–water partition coefficient (Wildman–Crippen LogP) is 5.91. The van der Waals surface area contributed by atoms with Crippen LogP contribution in [0, 0.1) is 0 Å². The van der Waals surface area contributed by atoms with E-state index >= 15 is 0 Å². The van der Waals surface area contributed by atoms with E-state index in [-0.39, 0.29) is 5.76 Å². The molecule has 0 aliphatic rings. The molecule has 3 nitrogen and oxygen atoms in total. The van der Waals surface area contributed by atoms with Crippen molar-refractivity contribution in [3.8, 4) is 0 Å². The van der Waals surface area contributed by atoms with Gasteiger partial charge in [0, 0.05) is 22.3 Å². The first-order valence-electron chi connectivity index (χ1n) is 8.40. The maximum atomic E-state index is 10.3. The predicted molar refractivity (Wildman–Crippen MR) is 109 cm³/mol. The van der Waals surface area contributed by atoms with Crippen molar-refractivity contribution in [1.82, 2.24) is 9.97 Å². The summed E-state index contributed by atoms with van der Waals surface area (Å²) in [6, 6.07) is 26.1. The standard InChI is InChI=1S/C22H18N2OS/c25-21(17-9-5-2-6-10-17)14-22-23-19-12-11-18(13-20(19)24-22)26-15-16-7-3-1-4-8-16/h1-14,25H,15H2,(H,23,24). The molecule has 3 aromatic carbocycles. The lowest BCUT2D eigenvalue weighted by molar-refractivity contribution is 0.515. The van der Waals surface area contributed by atoms with Gasteiger partial charge in [0.15, 0.2) is 0 Å². The van der Waals surface area contributed by atoms with Gasteiger partial charge in [-0.05, 0) is 23.8 Å². The van der Waals surface area contributed by atoms with Gasteiger partial charge in [-0.2, -0.15) is 0 Å². The second-order valence-electron chi connectivity index (χ2n) is 5.97. The molecule has 2 N–H and O–H groups in total. The van der Waals surface area contributed by atoms with Gasteiger partial charge in [-0.15, -0.1) is 11.8 Å². The van der Waals surface area contributed by atoms with Gasteiger partial charge in [-0.1, -0.05) is 60.7 Å². The van der Waals surface area contributed by atoms with E-state index in [9.17, 15) is 5.11 Å². The van der Waals surface area contributed by atoms with Crippen LogP contribution < -0.4 is 0 Å². The van der Waals surface area contributed by atoms with E-state index in [1.807, 2.05) is 42.5 Å². The summed E-state index contributed by atoms with van der Waals surface area (Å²) in [5.41, 5.74) is 3.93. The number of nitrogens with one attached hydrogen (secondary N) is 1. The molecule has 4 rings (SSSR count). The molecular weight excluding hydrogens is 340 g/mol. The van der Waals surface area contributed by atoms with Gasteiger partial charge in [0.25, 0.3) is 0 Å². The van der Waals surface area contributed by atoms with Crippen LogP contribution in [0.2, 0.25) is 0 Å². The number of H-pyrrole nitrogens is 1. The summed E-state index contributed by atoms with van der Waals surface area (Å²) < 4.78 is 0. The maximum Gasteiger partial charge on any atom is 0.134 e. The second-order valence-corrected chi connectivity index (χ2v) is 7.02. The van der Waals surface area contributed by atoms with Gasteiger partial charge in [-0.3, -0.25) is 0 Å². The van der Waals surface area contributed by atoms with Gasteiger partial charge in [-0.25, -0.2) is 4.98 Å². The highest BCUT2D eigenvalue weighted by molar-refractivity contribution is 7.98. The van der Waals surface area contributed by atoms with Crippen LogP contribution in [-0.4, -0.2) is 15.1 Å². The van der Waals surface area contributed by atoms with Crippen LogP contribution in [0.15, 0.2) is 83.8 Å². The van der Waals surface area contributed by atoms with E-state index in [1.165, 1.54) is 10.5 Å². The summed E-state index contributed by atoms with van der Waals surface area (Å²) in [5, 5.41) is 10.3. The molecule has 0 saturated carbocycles. The third-order valence-electron chi connectivity index (χ3n) is 4.06. The van der Waals surface area contributed by atoms with Crippen LogP contribution in [0.4, 0.5) is 0 Å². The Morgan fingerprint density at radius 3 is 2.46 bits per heavy atom. The number of fused-ring (bicyclic) bond motifs is 1. The minimum Gasteiger partial charge on any atom is -0.507 e. The highest BCUT2D eigenvalue weighted by Crippen LogP contribution is 2.26. The van der Waals surface area contributed by atoms with Crippen LogP contribution >= 0.6 is 11.8 Å². The lowest BCUT2D eigenvalue weighted by Crippen LogP contribution is -1.83. The van der Waals surface area contributed by atoms with E-state index in [0.717, 1.165) is 22.3 Å². The Hall–Kier alpha value is -2.98. The molecule has 1 heterocycles. The van der Waals surface area contributed by atoms with Crippen LogP contribution in [0.5, 0.6) is 0 Å². The van der Waals surface area contributed by atoms with Crippen LogP contribution in [0.1, 0.15) is 17.0 Å². The first-order chi connectivity index (χ1) is 12.8. The molecule has 0 aliphatic carbocycles. The van der Waals surface area contributed by atoms with Crippen molar-refractivity contribution in [3.63, 3.8) is 0 Å². The van der Waals surface area contributed by atoms with Gasteiger partial charge < -0.3 is 10.1 Å². The molecule has 0 bridgehead atoms. The van der Waals surface area contributed by atoms with Gasteiger partial charge in [0.2, 0.25) is 0 Å². The lowest BCUT2D eigenvalue weighted by atomic mass is 10.2. The number of rotatable bonds is 5. The Morgan fingerprint density at radius 1 is 0.962 bits per heavy atom. The summed E-state index contributed by atoms with van der Waals surface area (Å²) in [7, 11) is 0. The lowest BCUT2D eigenvalue weighted by Gasteiger charge is -2.01. The number of benzene rings is 3. The highest BCUT2D eigenvalue weighted by atomic mass is 32.2. The van der Waals surface area contributed by atoms with Crippen LogP contribution in [0.3, 0.4) is 0 Å². The number of thioether (sulfide) groups is 1. The van der Waals surface area contributed by atoms with E-state index in [4.69, 9.17) is 0 Å². The zero-order valence-corrected chi connectivity index (χ0v) is 14.9. The molecule has 0 saturated heterocycles. The number of aromatic nitrogens is 2. The number of aliphatic hydroxyl groups is 1. The summed E-state index contributed by atoms with van der Waals surface area (Å²) >= 11 is 1.80. The van der Waals surface area contributed by atoms with Crippen molar-refractivity contribution in [2.75, 3.05) is 0 Å².